The summed E-state index contributed by atoms with van der Waals surface area (Å²) in [6.07, 6.45) is -1.10. The van der Waals surface area contributed by atoms with E-state index in [1.165, 1.54) is 12.5 Å². The van der Waals surface area contributed by atoms with Crippen LogP contribution in [0.5, 0.6) is 0 Å². The number of hydrogen-bond acceptors (Lipinski definition) is 3. The van der Waals surface area contributed by atoms with Crippen LogP contribution in [0.2, 0.25) is 5.02 Å². The third-order valence-corrected chi connectivity index (χ3v) is 7.13. The first-order chi connectivity index (χ1) is 15.1. The van der Waals surface area contributed by atoms with Crippen molar-refractivity contribution in [3.8, 4) is 0 Å². The van der Waals surface area contributed by atoms with Crippen molar-refractivity contribution in [2.24, 2.45) is 10.4 Å². The van der Waals surface area contributed by atoms with Gasteiger partial charge in [0.05, 0.1) is 22.3 Å². The number of anilines is 1. The van der Waals surface area contributed by atoms with Gasteiger partial charge in [0.15, 0.2) is 0 Å². The van der Waals surface area contributed by atoms with Crippen molar-refractivity contribution >= 4 is 46.0 Å². The number of hydrogen-bond donors (Lipinski definition) is 0. The Labute approximate surface area is 196 Å². The summed E-state index contributed by atoms with van der Waals surface area (Å²) in [6, 6.07) is 12.3. The van der Waals surface area contributed by atoms with E-state index in [9.17, 15) is 13.2 Å². The van der Waals surface area contributed by atoms with Crippen LogP contribution in [0.4, 0.5) is 24.5 Å². The highest BCUT2D eigenvalue weighted by Gasteiger charge is 2.52. The zero-order valence-corrected chi connectivity index (χ0v) is 19.6. The van der Waals surface area contributed by atoms with Gasteiger partial charge in [-0.25, -0.2) is 4.99 Å². The highest BCUT2D eigenvalue weighted by molar-refractivity contribution is 7.80. The maximum Gasteiger partial charge on any atom is 0.416 e. The SMILES string of the molecule is CC1(C)C(=S)N(c2cccc(C(F)(F)F)c2)C(=Nc2ccc(Cl)cc2)[C@@H]1N1CCCCC1. The molecule has 8 heteroatoms. The Hall–Kier alpha value is -1.96. The third kappa shape index (κ3) is 4.43. The van der Waals surface area contributed by atoms with E-state index in [-0.39, 0.29) is 6.04 Å². The van der Waals surface area contributed by atoms with Gasteiger partial charge < -0.3 is 0 Å². The second-order valence-electron chi connectivity index (χ2n) is 8.86. The predicted octanol–water partition coefficient (Wildman–Crippen LogP) is 7.12. The minimum absolute atomic E-state index is 0.138. The van der Waals surface area contributed by atoms with Gasteiger partial charge in [-0.3, -0.25) is 9.80 Å². The summed E-state index contributed by atoms with van der Waals surface area (Å²) in [4.78, 5) is 9.60. The van der Waals surface area contributed by atoms with Gasteiger partial charge in [0.25, 0.3) is 0 Å². The summed E-state index contributed by atoms with van der Waals surface area (Å²) >= 11 is 11.9. The lowest BCUT2D eigenvalue weighted by Crippen LogP contribution is -2.49. The summed E-state index contributed by atoms with van der Waals surface area (Å²) in [5.74, 6) is 0.656. The van der Waals surface area contributed by atoms with Crippen LogP contribution < -0.4 is 4.90 Å². The molecule has 170 valence electrons. The van der Waals surface area contributed by atoms with Gasteiger partial charge in [0.2, 0.25) is 0 Å². The fourth-order valence-electron chi connectivity index (χ4n) is 4.58. The number of alkyl halides is 3. The standard InChI is InChI=1S/C24H25ClF3N3S/c1-23(2)20(30-13-4-3-5-14-30)21(29-18-11-9-17(25)10-12-18)31(22(23)32)19-8-6-7-16(15-19)24(26,27)28/h6-12,15,20H,3-5,13-14H2,1-2H3/t20-/m0/s1. The molecule has 1 atom stereocenters. The minimum Gasteiger partial charge on any atom is -0.293 e. The van der Waals surface area contributed by atoms with Crippen LogP contribution in [0, 0.1) is 5.41 Å². The van der Waals surface area contributed by atoms with Crippen LogP contribution >= 0.6 is 23.8 Å². The van der Waals surface area contributed by atoms with E-state index in [0.29, 0.717) is 27.2 Å². The summed E-state index contributed by atoms with van der Waals surface area (Å²) in [7, 11) is 0. The van der Waals surface area contributed by atoms with Crippen molar-refractivity contribution in [1.29, 1.82) is 0 Å². The molecule has 2 aliphatic heterocycles. The molecule has 4 rings (SSSR count). The smallest absolute Gasteiger partial charge is 0.293 e. The van der Waals surface area contributed by atoms with Gasteiger partial charge in [0, 0.05) is 16.1 Å². The number of likely N-dealkylation sites (tertiary alicyclic amines) is 1. The minimum atomic E-state index is -4.44. The lowest BCUT2D eigenvalue weighted by molar-refractivity contribution is -0.137. The van der Waals surface area contributed by atoms with E-state index < -0.39 is 17.2 Å². The van der Waals surface area contributed by atoms with Crippen molar-refractivity contribution in [3.05, 3.63) is 59.1 Å². The molecule has 0 radical (unpaired) electrons. The quantitative estimate of drug-likeness (QED) is 0.437. The largest absolute Gasteiger partial charge is 0.416 e. The van der Waals surface area contributed by atoms with Gasteiger partial charge >= 0.3 is 6.18 Å². The Kier molecular flexibility index (Phi) is 6.36. The summed E-state index contributed by atoms with van der Waals surface area (Å²) in [6.45, 7) is 5.93. The number of thiocarbonyl (C=S) groups is 1. The second kappa shape index (κ2) is 8.76. The summed E-state index contributed by atoms with van der Waals surface area (Å²) in [5, 5.41) is 0.596. The first-order valence-electron chi connectivity index (χ1n) is 10.7. The number of aliphatic imine (C=N–C) groups is 1. The van der Waals surface area contributed by atoms with Crippen molar-refractivity contribution in [1.82, 2.24) is 4.90 Å². The van der Waals surface area contributed by atoms with Crippen LogP contribution in [0.15, 0.2) is 53.5 Å². The van der Waals surface area contributed by atoms with Crippen LogP contribution in [0.1, 0.15) is 38.7 Å². The highest BCUT2D eigenvalue weighted by Crippen LogP contribution is 2.43. The van der Waals surface area contributed by atoms with E-state index in [1.54, 1.807) is 35.2 Å². The number of amidine groups is 1. The molecule has 0 aromatic heterocycles. The Morgan fingerprint density at radius 1 is 1.03 bits per heavy atom. The highest BCUT2D eigenvalue weighted by atomic mass is 35.5. The van der Waals surface area contributed by atoms with E-state index in [0.717, 1.165) is 38.1 Å². The van der Waals surface area contributed by atoms with Crippen LogP contribution in [-0.4, -0.2) is 34.9 Å². The Bertz CT molecular complexity index is 1030. The average Bonchev–Trinajstić information content (AvgIpc) is 2.95. The zero-order valence-electron chi connectivity index (χ0n) is 18.0. The molecule has 2 saturated heterocycles. The Morgan fingerprint density at radius 2 is 1.69 bits per heavy atom. The number of rotatable bonds is 3. The number of nitrogens with zero attached hydrogens (tertiary/aromatic N) is 3. The molecule has 2 aromatic rings. The van der Waals surface area contributed by atoms with E-state index >= 15 is 0 Å². The predicted molar refractivity (Wildman–Crippen MR) is 128 cm³/mol. The van der Waals surface area contributed by atoms with Gasteiger partial charge in [-0.1, -0.05) is 50.2 Å². The Balaban J connectivity index is 1.86. The number of benzene rings is 2. The molecule has 2 heterocycles. The van der Waals surface area contributed by atoms with Gasteiger partial charge in [-0.2, -0.15) is 13.2 Å². The summed E-state index contributed by atoms with van der Waals surface area (Å²) in [5.41, 5.74) is -0.122. The van der Waals surface area contributed by atoms with Crippen molar-refractivity contribution in [2.75, 3.05) is 18.0 Å². The molecule has 0 bridgehead atoms. The van der Waals surface area contributed by atoms with E-state index in [1.807, 2.05) is 0 Å². The molecule has 2 aromatic carbocycles. The molecular weight excluding hydrogens is 455 g/mol. The number of halogens is 4. The van der Waals surface area contributed by atoms with Gasteiger partial charge in [0.1, 0.15) is 5.84 Å². The first kappa shape index (κ1) is 23.2. The first-order valence-corrected chi connectivity index (χ1v) is 11.5. The van der Waals surface area contributed by atoms with Gasteiger partial charge in [-0.05, 0) is 68.4 Å². The second-order valence-corrected chi connectivity index (χ2v) is 9.68. The molecule has 0 amide bonds. The average molecular weight is 480 g/mol. The number of piperidine rings is 1. The molecule has 2 fully saturated rings. The molecule has 0 aliphatic carbocycles. The van der Waals surface area contributed by atoms with Crippen LogP contribution in [0.25, 0.3) is 0 Å². The normalized spacial score (nSPS) is 23.2. The molecular formula is C24H25ClF3N3S. The van der Waals surface area contributed by atoms with Gasteiger partial charge in [-0.15, -0.1) is 0 Å². The van der Waals surface area contributed by atoms with Crippen LogP contribution in [-0.2, 0) is 6.18 Å². The lowest BCUT2D eigenvalue weighted by atomic mass is 9.85. The third-order valence-electron chi connectivity index (χ3n) is 6.17. The van der Waals surface area contributed by atoms with Crippen molar-refractivity contribution in [2.45, 2.75) is 45.3 Å². The topological polar surface area (TPSA) is 18.8 Å². The zero-order chi connectivity index (χ0) is 23.1. The molecule has 0 N–H and O–H groups in total. The van der Waals surface area contributed by atoms with Crippen molar-refractivity contribution < 1.29 is 13.2 Å². The monoisotopic (exact) mass is 479 g/mol. The maximum absolute atomic E-state index is 13.5. The molecule has 0 saturated carbocycles. The fraction of sp³-hybridized carbons (Fsp3) is 0.417. The lowest BCUT2D eigenvalue weighted by Gasteiger charge is -2.38. The maximum atomic E-state index is 13.5. The fourth-order valence-corrected chi connectivity index (χ4v) is 5.02. The Morgan fingerprint density at radius 3 is 2.31 bits per heavy atom. The van der Waals surface area contributed by atoms with Crippen molar-refractivity contribution in [3.63, 3.8) is 0 Å². The van der Waals surface area contributed by atoms with Crippen LogP contribution in [0.3, 0.4) is 0 Å². The van der Waals surface area contributed by atoms with E-state index in [4.69, 9.17) is 28.8 Å². The molecule has 2 aliphatic rings. The molecule has 0 unspecified atom stereocenters. The summed E-state index contributed by atoms with van der Waals surface area (Å²) < 4.78 is 40.4. The molecule has 0 spiro atoms. The molecule has 32 heavy (non-hydrogen) atoms. The van der Waals surface area contributed by atoms with E-state index in [2.05, 4.69) is 18.7 Å². The molecule has 3 nitrogen and oxygen atoms in total.